The Kier molecular flexibility index (Phi) is 2.67. The van der Waals surface area contributed by atoms with Crippen LogP contribution in [0, 0.1) is 0 Å². The van der Waals surface area contributed by atoms with Crippen LogP contribution in [-0.2, 0) is 4.74 Å². The fourth-order valence-corrected chi connectivity index (χ4v) is 1.22. The summed E-state index contributed by atoms with van der Waals surface area (Å²) in [5, 5.41) is 0. The van der Waals surface area contributed by atoms with Gasteiger partial charge in [0.25, 0.3) is 0 Å². The Balaban J connectivity index is 2.25. The second-order valence-corrected chi connectivity index (χ2v) is 3.12. The molecule has 0 amide bonds. The van der Waals surface area contributed by atoms with Crippen LogP contribution < -0.4 is 0 Å². The van der Waals surface area contributed by atoms with Crippen LogP contribution >= 0.6 is 0 Å². The lowest BCUT2D eigenvalue weighted by Crippen LogP contribution is -2.05. The van der Waals surface area contributed by atoms with E-state index in [0.717, 1.165) is 6.42 Å². The van der Waals surface area contributed by atoms with Crippen molar-refractivity contribution in [2.45, 2.75) is 13.3 Å². The van der Waals surface area contributed by atoms with Crippen LogP contribution in [0.25, 0.3) is 11.1 Å². The molecule has 2 rings (SSSR count). The normalized spacial score (nSPS) is 10.5. The summed E-state index contributed by atoms with van der Waals surface area (Å²) in [5.74, 6) is -0.488. The Morgan fingerprint density at radius 1 is 1.47 bits per heavy atom. The Hall–Kier alpha value is -1.84. The van der Waals surface area contributed by atoms with E-state index >= 15 is 0 Å². The second kappa shape index (κ2) is 4.13. The van der Waals surface area contributed by atoms with E-state index in [-0.39, 0.29) is 5.89 Å². The number of fused-ring (bicyclic) bond motifs is 1. The second-order valence-electron chi connectivity index (χ2n) is 3.12. The number of benzene rings is 1. The van der Waals surface area contributed by atoms with Gasteiger partial charge in [0.1, 0.15) is 5.52 Å². The number of hydrogen-bond acceptors (Lipinski definition) is 4. The van der Waals surface area contributed by atoms with Gasteiger partial charge in [-0.3, -0.25) is 0 Å². The molecule has 0 spiro atoms. The largest absolute Gasteiger partial charge is 0.459 e. The van der Waals surface area contributed by atoms with Crippen LogP contribution in [0.1, 0.15) is 24.0 Å². The first-order valence-electron chi connectivity index (χ1n) is 4.84. The van der Waals surface area contributed by atoms with E-state index in [1.54, 1.807) is 12.1 Å². The van der Waals surface area contributed by atoms with Crippen LogP contribution in [0.4, 0.5) is 0 Å². The SMILES string of the molecule is CCCOC(=O)c1nc2ccccc2o1. The summed E-state index contributed by atoms with van der Waals surface area (Å²) >= 11 is 0. The first kappa shape index (κ1) is 9.71. The molecule has 4 nitrogen and oxygen atoms in total. The highest BCUT2D eigenvalue weighted by atomic mass is 16.5. The first-order valence-corrected chi connectivity index (χ1v) is 4.84. The fraction of sp³-hybridized carbons (Fsp3) is 0.273. The highest BCUT2D eigenvalue weighted by Crippen LogP contribution is 2.15. The molecule has 0 fully saturated rings. The Labute approximate surface area is 86.9 Å². The Morgan fingerprint density at radius 2 is 2.27 bits per heavy atom. The standard InChI is InChI=1S/C11H11NO3/c1-2-7-14-11(13)10-12-8-5-3-4-6-9(8)15-10/h3-6H,2,7H2,1H3. The van der Waals surface area contributed by atoms with Crippen molar-refractivity contribution in [2.24, 2.45) is 0 Å². The number of ether oxygens (including phenoxy) is 1. The molecule has 0 radical (unpaired) electrons. The van der Waals surface area contributed by atoms with Gasteiger partial charge in [0.15, 0.2) is 5.58 Å². The van der Waals surface area contributed by atoms with Gasteiger partial charge in [-0.1, -0.05) is 19.1 Å². The number of para-hydroxylation sites is 2. The molecule has 0 aliphatic carbocycles. The summed E-state index contributed by atoms with van der Waals surface area (Å²) < 4.78 is 10.2. The molecular formula is C11H11NO3. The number of oxazole rings is 1. The average molecular weight is 205 g/mol. The molecule has 0 saturated heterocycles. The van der Waals surface area contributed by atoms with Gasteiger partial charge in [0.2, 0.25) is 0 Å². The van der Waals surface area contributed by atoms with Gasteiger partial charge in [-0.25, -0.2) is 9.78 Å². The molecule has 1 aromatic heterocycles. The zero-order valence-corrected chi connectivity index (χ0v) is 8.40. The molecule has 78 valence electrons. The minimum Gasteiger partial charge on any atom is -0.459 e. The van der Waals surface area contributed by atoms with Crippen molar-refractivity contribution in [3.63, 3.8) is 0 Å². The summed E-state index contributed by atoms with van der Waals surface area (Å²) in [6.07, 6.45) is 0.784. The monoisotopic (exact) mass is 205 g/mol. The lowest BCUT2D eigenvalue weighted by Gasteiger charge is -1.97. The smallest absolute Gasteiger partial charge is 0.394 e. The van der Waals surface area contributed by atoms with E-state index in [2.05, 4.69) is 4.98 Å². The first-order chi connectivity index (χ1) is 7.31. The van der Waals surface area contributed by atoms with E-state index in [1.807, 2.05) is 19.1 Å². The van der Waals surface area contributed by atoms with Crippen LogP contribution in [0.5, 0.6) is 0 Å². The zero-order valence-electron chi connectivity index (χ0n) is 8.40. The number of carbonyl (C=O) groups excluding carboxylic acids is 1. The summed E-state index contributed by atoms with van der Waals surface area (Å²) in [6.45, 7) is 2.32. The van der Waals surface area contributed by atoms with Crippen molar-refractivity contribution in [1.82, 2.24) is 4.98 Å². The van der Waals surface area contributed by atoms with Gasteiger partial charge in [-0.15, -0.1) is 0 Å². The van der Waals surface area contributed by atoms with Crippen LogP contribution in [0.2, 0.25) is 0 Å². The number of hydrogen-bond donors (Lipinski definition) is 0. The average Bonchev–Trinajstić information content (AvgIpc) is 2.69. The predicted molar refractivity (Wildman–Crippen MR) is 54.6 cm³/mol. The molecule has 2 aromatic rings. The quantitative estimate of drug-likeness (QED) is 0.722. The van der Waals surface area contributed by atoms with Gasteiger partial charge < -0.3 is 9.15 Å². The van der Waals surface area contributed by atoms with E-state index in [9.17, 15) is 4.79 Å². The van der Waals surface area contributed by atoms with Crippen molar-refractivity contribution in [3.8, 4) is 0 Å². The number of carbonyl (C=O) groups is 1. The number of nitrogens with zero attached hydrogens (tertiary/aromatic N) is 1. The van der Waals surface area contributed by atoms with Crippen LogP contribution in [0.15, 0.2) is 28.7 Å². The van der Waals surface area contributed by atoms with Crippen molar-refractivity contribution in [2.75, 3.05) is 6.61 Å². The molecule has 0 aliphatic rings. The minimum absolute atomic E-state index is 0.0182. The van der Waals surface area contributed by atoms with E-state index in [0.29, 0.717) is 17.7 Å². The maximum atomic E-state index is 11.4. The molecule has 1 heterocycles. The molecule has 0 atom stereocenters. The van der Waals surface area contributed by atoms with Crippen LogP contribution in [-0.4, -0.2) is 17.6 Å². The molecule has 0 bridgehead atoms. The van der Waals surface area contributed by atoms with Gasteiger partial charge in [-0.2, -0.15) is 0 Å². The summed E-state index contributed by atoms with van der Waals surface area (Å²) in [5.41, 5.74) is 1.27. The molecule has 0 unspecified atom stereocenters. The van der Waals surface area contributed by atoms with Gasteiger partial charge in [0, 0.05) is 0 Å². The van der Waals surface area contributed by atoms with E-state index in [4.69, 9.17) is 9.15 Å². The van der Waals surface area contributed by atoms with Crippen LogP contribution in [0.3, 0.4) is 0 Å². The topological polar surface area (TPSA) is 52.3 Å². The number of esters is 1. The maximum absolute atomic E-state index is 11.4. The van der Waals surface area contributed by atoms with Crippen molar-refractivity contribution >= 4 is 17.1 Å². The third kappa shape index (κ3) is 1.98. The summed E-state index contributed by atoms with van der Waals surface area (Å²) in [6, 6.07) is 7.22. The maximum Gasteiger partial charge on any atom is 0.394 e. The highest BCUT2D eigenvalue weighted by molar-refractivity contribution is 5.88. The van der Waals surface area contributed by atoms with Gasteiger partial charge in [-0.05, 0) is 18.6 Å². The van der Waals surface area contributed by atoms with E-state index < -0.39 is 5.97 Å². The zero-order chi connectivity index (χ0) is 10.7. The van der Waals surface area contributed by atoms with Crippen molar-refractivity contribution < 1.29 is 13.9 Å². The summed E-state index contributed by atoms with van der Waals surface area (Å²) in [7, 11) is 0. The third-order valence-corrected chi connectivity index (χ3v) is 1.91. The molecular weight excluding hydrogens is 194 g/mol. The molecule has 0 aliphatic heterocycles. The van der Waals surface area contributed by atoms with E-state index in [1.165, 1.54) is 0 Å². The molecule has 1 aromatic carbocycles. The number of rotatable bonds is 3. The minimum atomic E-state index is -0.506. The van der Waals surface area contributed by atoms with Crippen molar-refractivity contribution in [1.29, 1.82) is 0 Å². The molecule has 15 heavy (non-hydrogen) atoms. The highest BCUT2D eigenvalue weighted by Gasteiger charge is 2.14. The third-order valence-electron chi connectivity index (χ3n) is 1.91. The molecule has 0 N–H and O–H groups in total. The Bertz CT molecular complexity index is 442. The Morgan fingerprint density at radius 3 is 3.00 bits per heavy atom. The molecule has 0 saturated carbocycles. The summed E-state index contributed by atoms with van der Waals surface area (Å²) in [4.78, 5) is 15.4. The van der Waals surface area contributed by atoms with Gasteiger partial charge >= 0.3 is 11.9 Å². The lowest BCUT2D eigenvalue weighted by molar-refractivity contribution is 0.0462. The predicted octanol–water partition coefficient (Wildman–Crippen LogP) is 2.39. The number of aromatic nitrogens is 1. The lowest BCUT2D eigenvalue weighted by atomic mass is 10.3. The fourth-order valence-electron chi connectivity index (χ4n) is 1.22. The van der Waals surface area contributed by atoms with Crippen molar-refractivity contribution in [3.05, 3.63) is 30.2 Å². The van der Waals surface area contributed by atoms with Gasteiger partial charge in [0.05, 0.1) is 6.61 Å². The molecule has 4 heteroatoms.